The zero-order valence-corrected chi connectivity index (χ0v) is 18.8. The van der Waals surface area contributed by atoms with E-state index < -0.39 is 0 Å². The molecule has 28 heavy (non-hydrogen) atoms. The summed E-state index contributed by atoms with van der Waals surface area (Å²) in [6.07, 6.45) is 5.21. The van der Waals surface area contributed by atoms with Gasteiger partial charge in [0.2, 0.25) is 0 Å². The number of rotatable bonds is 10. The number of nitrogens with one attached hydrogen (secondary N) is 1. The number of hydrogen-bond donors (Lipinski definition) is 1. The molecule has 1 amide bonds. The smallest absolute Gasteiger partial charge is 0.275 e. The van der Waals surface area contributed by atoms with E-state index in [0.29, 0.717) is 30.3 Å². The molecule has 1 N–H and O–H groups in total. The van der Waals surface area contributed by atoms with Crippen LogP contribution in [0.25, 0.3) is 0 Å². The highest BCUT2D eigenvalue weighted by Gasteiger charge is 2.13. The molecule has 0 aliphatic rings. The molecule has 148 valence electrons. The molecule has 0 aromatic heterocycles. The van der Waals surface area contributed by atoms with Gasteiger partial charge < -0.3 is 9.47 Å². The quantitative estimate of drug-likeness (QED) is 0.193. The Hall–Kier alpha value is -2.12. The van der Waals surface area contributed by atoms with Crippen molar-refractivity contribution < 1.29 is 14.3 Å². The molecular weight excluding hydrogens is 488 g/mol. The average Bonchev–Trinajstić information content (AvgIpc) is 2.68. The number of amides is 1. The van der Waals surface area contributed by atoms with Crippen LogP contribution in [0.5, 0.6) is 11.5 Å². The molecule has 5 nitrogen and oxygen atoms in total. The fourth-order valence-corrected chi connectivity index (χ4v) is 2.99. The van der Waals surface area contributed by atoms with E-state index in [1.165, 1.54) is 0 Å². The third-order valence-electron chi connectivity index (χ3n) is 3.64. The van der Waals surface area contributed by atoms with Crippen LogP contribution in [0.3, 0.4) is 0 Å². The van der Waals surface area contributed by atoms with Crippen molar-refractivity contribution in [2.24, 2.45) is 5.10 Å². The maximum atomic E-state index is 12.5. The molecule has 0 fully saturated rings. The lowest BCUT2D eigenvalue weighted by Crippen LogP contribution is -2.19. The summed E-state index contributed by atoms with van der Waals surface area (Å²) in [5.74, 6) is 0.800. The van der Waals surface area contributed by atoms with Gasteiger partial charge in [0.05, 0.1) is 18.4 Å². The van der Waals surface area contributed by atoms with Gasteiger partial charge in [-0.25, -0.2) is 5.43 Å². The number of hydrogen-bond acceptors (Lipinski definition) is 4. The van der Waals surface area contributed by atoms with Crippen LogP contribution in [0.1, 0.15) is 35.7 Å². The minimum absolute atomic E-state index is 0.307. The Morgan fingerprint density at radius 3 is 2.57 bits per heavy atom. The average molecular weight is 510 g/mol. The SMILES string of the molecule is C=CCOc1ccc(Br)cc1C(=O)N/N=C\c1cc(Br)ccc1OCCCC. The zero-order chi connectivity index (χ0) is 20.4. The minimum atomic E-state index is -0.375. The number of carbonyl (C=O) groups is 1. The van der Waals surface area contributed by atoms with E-state index in [2.05, 4.69) is 55.9 Å². The van der Waals surface area contributed by atoms with Crippen molar-refractivity contribution in [2.75, 3.05) is 13.2 Å². The Morgan fingerprint density at radius 1 is 1.14 bits per heavy atom. The summed E-state index contributed by atoms with van der Waals surface area (Å²) < 4.78 is 13.0. The van der Waals surface area contributed by atoms with Gasteiger partial charge in [0, 0.05) is 14.5 Å². The normalized spacial score (nSPS) is 10.7. The number of carbonyl (C=O) groups excluding carboxylic acids is 1. The van der Waals surface area contributed by atoms with Crippen LogP contribution in [0.4, 0.5) is 0 Å². The van der Waals surface area contributed by atoms with Crippen LogP contribution in [0.15, 0.2) is 63.1 Å². The molecule has 0 saturated heterocycles. The lowest BCUT2D eigenvalue weighted by molar-refractivity contribution is 0.0951. The second-order valence-electron chi connectivity index (χ2n) is 5.82. The molecule has 2 aromatic rings. The van der Waals surface area contributed by atoms with Crippen molar-refractivity contribution in [3.8, 4) is 11.5 Å². The third kappa shape index (κ3) is 6.80. The summed E-state index contributed by atoms with van der Waals surface area (Å²) >= 11 is 6.81. The van der Waals surface area contributed by atoms with E-state index in [1.54, 1.807) is 30.5 Å². The molecule has 0 unspecified atom stereocenters. The maximum Gasteiger partial charge on any atom is 0.275 e. The van der Waals surface area contributed by atoms with Crippen molar-refractivity contribution in [3.63, 3.8) is 0 Å². The highest BCUT2D eigenvalue weighted by Crippen LogP contribution is 2.24. The van der Waals surface area contributed by atoms with Crippen LogP contribution >= 0.6 is 31.9 Å². The van der Waals surface area contributed by atoms with Crippen LogP contribution in [0.2, 0.25) is 0 Å². The highest BCUT2D eigenvalue weighted by molar-refractivity contribution is 9.10. The lowest BCUT2D eigenvalue weighted by atomic mass is 10.2. The lowest BCUT2D eigenvalue weighted by Gasteiger charge is -2.10. The molecule has 0 heterocycles. The molecule has 0 aliphatic carbocycles. The van der Waals surface area contributed by atoms with Crippen LogP contribution in [-0.4, -0.2) is 25.3 Å². The molecule has 2 aromatic carbocycles. The van der Waals surface area contributed by atoms with Gasteiger partial charge in [0.15, 0.2) is 0 Å². The van der Waals surface area contributed by atoms with E-state index >= 15 is 0 Å². The highest BCUT2D eigenvalue weighted by atomic mass is 79.9. The number of unbranched alkanes of at least 4 members (excludes halogenated alkanes) is 1. The third-order valence-corrected chi connectivity index (χ3v) is 4.63. The van der Waals surface area contributed by atoms with Gasteiger partial charge in [0.1, 0.15) is 18.1 Å². The van der Waals surface area contributed by atoms with Crippen molar-refractivity contribution in [2.45, 2.75) is 19.8 Å². The van der Waals surface area contributed by atoms with Crippen LogP contribution < -0.4 is 14.9 Å². The number of benzene rings is 2. The monoisotopic (exact) mass is 508 g/mol. The molecule has 0 radical (unpaired) electrons. The second kappa shape index (κ2) is 11.7. The topological polar surface area (TPSA) is 59.9 Å². The van der Waals surface area contributed by atoms with Crippen LogP contribution in [0, 0.1) is 0 Å². The summed E-state index contributed by atoms with van der Waals surface area (Å²) in [4.78, 5) is 12.5. The molecule has 7 heteroatoms. The standard InChI is InChI=1S/C21H22Br2N2O3/c1-3-5-11-28-19-8-6-16(22)12-15(19)14-24-25-21(26)18-13-17(23)7-9-20(18)27-10-4-2/h4,6-9,12-14H,2-3,5,10-11H2,1H3,(H,25,26)/b24-14-. The zero-order valence-electron chi connectivity index (χ0n) is 15.6. The Morgan fingerprint density at radius 2 is 1.86 bits per heavy atom. The Balaban J connectivity index is 2.12. The van der Waals surface area contributed by atoms with Crippen LogP contribution in [-0.2, 0) is 0 Å². The van der Waals surface area contributed by atoms with Crippen molar-refractivity contribution in [1.29, 1.82) is 0 Å². The van der Waals surface area contributed by atoms with E-state index in [0.717, 1.165) is 27.4 Å². The molecule has 0 spiro atoms. The van der Waals surface area contributed by atoms with Gasteiger partial charge in [-0.2, -0.15) is 5.10 Å². The molecule has 0 saturated carbocycles. The Kier molecular flexibility index (Phi) is 9.23. The molecule has 0 bridgehead atoms. The first-order valence-corrected chi connectivity index (χ1v) is 10.4. The molecule has 0 atom stereocenters. The fraction of sp³-hybridized carbons (Fsp3) is 0.238. The van der Waals surface area contributed by atoms with Crippen molar-refractivity contribution in [3.05, 3.63) is 69.1 Å². The number of halogens is 2. The predicted octanol–water partition coefficient (Wildman–Crippen LogP) is 5.72. The summed E-state index contributed by atoms with van der Waals surface area (Å²) in [7, 11) is 0. The van der Waals surface area contributed by atoms with Gasteiger partial charge in [-0.1, -0.05) is 57.9 Å². The van der Waals surface area contributed by atoms with Crippen molar-refractivity contribution in [1.82, 2.24) is 5.43 Å². The second-order valence-corrected chi connectivity index (χ2v) is 7.65. The first-order valence-electron chi connectivity index (χ1n) is 8.84. The first-order chi connectivity index (χ1) is 13.5. The number of nitrogens with zero attached hydrogens (tertiary/aromatic N) is 1. The summed E-state index contributed by atoms with van der Waals surface area (Å²) in [6, 6.07) is 10.9. The first kappa shape index (κ1) is 22.2. The van der Waals surface area contributed by atoms with Gasteiger partial charge in [-0.3, -0.25) is 4.79 Å². The molecular formula is C21H22Br2N2O3. The van der Waals surface area contributed by atoms with E-state index in [4.69, 9.17) is 9.47 Å². The van der Waals surface area contributed by atoms with Gasteiger partial charge >= 0.3 is 0 Å². The maximum absolute atomic E-state index is 12.5. The predicted molar refractivity (Wildman–Crippen MR) is 119 cm³/mol. The van der Waals surface area contributed by atoms with Gasteiger partial charge in [-0.05, 0) is 42.8 Å². The molecule has 2 rings (SSSR count). The van der Waals surface area contributed by atoms with E-state index in [-0.39, 0.29) is 5.91 Å². The van der Waals surface area contributed by atoms with E-state index in [9.17, 15) is 4.79 Å². The Labute approximate surface area is 182 Å². The number of ether oxygens (including phenoxy) is 2. The number of hydrazone groups is 1. The Bertz CT molecular complexity index is 854. The van der Waals surface area contributed by atoms with Gasteiger partial charge in [0.25, 0.3) is 5.91 Å². The minimum Gasteiger partial charge on any atom is -0.493 e. The van der Waals surface area contributed by atoms with E-state index in [1.807, 2.05) is 18.2 Å². The molecule has 0 aliphatic heterocycles. The largest absolute Gasteiger partial charge is 0.493 e. The summed E-state index contributed by atoms with van der Waals surface area (Å²) in [5, 5.41) is 4.08. The van der Waals surface area contributed by atoms with Gasteiger partial charge in [-0.15, -0.1) is 0 Å². The summed E-state index contributed by atoms with van der Waals surface area (Å²) in [6.45, 7) is 6.67. The fourth-order valence-electron chi connectivity index (χ4n) is 2.25. The summed E-state index contributed by atoms with van der Waals surface area (Å²) in [5.41, 5.74) is 3.68. The van der Waals surface area contributed by atoms with Crippen molar-refractivity contribution >= 4 is 44.0 Å².